The van der Waals surface area contributed by atoms with Crippen LogP contribution in [-0.4, -0.2) is 24.1 Å². The Labute approximate surface area is 202 Å². The first-order chi connectivity index (χ1) is 16.7. The van der Waals surface area contributed by atoms with Crippen molar-refractivity contribution in [3.63, 3.8) is 0 Å². The quantitative estimate of drug-likeness (QED) is 0.344. The number of carbonyl (C=O) groups is 1. The fraction of sp³-hybridized carbons (Fsp3) is 0.120. The van der Waals surface area contributed by atoms with Gasteiger partial charge in [0.25, 0.3) is 0 Å². The fourth-order valence-electron chi connectivity index (χ4n) is 3.44. The van der Waals surface area contributed by atoms with Gasteiger partial charge in [-0.15, -0.1) is 0 Å². The molecule has 0 saturated carbocycles. The number of benzene rings is 3. The molecule has 0 bridgehead atoms. The molecule has 180 valence electrons. The van der Waals surface area contributed by atoms with E-state index in [4.69, 9.17) is 5.73 Å². The van der Waals surface area contributed by atoms with E-state index in [0.717, 1.165) is 15.8 Å². The molecular formula is C25H24FN5O3S. The predicted molar refractivity (Wildman–Crippen MR) is 131 cm³/mol. The van der Waals surface area contributed by atoms with Gasteiger partial charge in [-0.1, -0.05) is 54.1 Å². The lowest BCUT2D eigenvalue weighted by atomic mass is 10.1. The molecule has 0 atom stereocenters. The van der Waals surface area contributed by atoms with Gasteiger partial charge in [0.15, 0.2) is 10.7 Å². The van der Waals surface area contributed by atoms with Crippen molar-refractivity contribution in [3.05, 3.63) is 95.8 Å². The van der Waals surface area contributed by atoms with Crippen molar-refractivity contribution in [1.29, 1.82) is 0 Å². The van der Waals surface area contributed by atoms with Gasteiger partial charge in [0.2, 0.25) is 15.7 Å². The molecular weight excluding hydrogens is 469 g/mol. The Hall–Kier alpha value is -4.18. The van der Waals surface area contributed by atoms with Crippen molar-refractivity contribution in [2.24, 2.45) is 0 Å². The number of carbonyl (C=O) groups excluding carboxylic acids is 1. The SMILES string of the molecule is Cc1ccc(CNC(=O)Cn2nc(Nc3cccc(F)c3)c(S(=O)(=O)c3ccccc3)c2N)cc1. The summed E-state index contributed by atoms with van der Waals surface area (Å²) in [6.07, 6.45) is 0. The molecule has 1 heterocycles. The second-order valence-electron chi connectivity index (χ2n) is 7.93. The standard InChI is InChI=1S/C25H24FN5O3S/c1-17-10-12-18(13-11-17)15-28-22(32)16-31-24(27)23(35(33,34)21-8-3-2-4-9-21)25(30-31)29-20-7-5-6-19(26)14-20/h2-14H,15-16,27H2,1H3,(H,28,32)(H,29,30). The lowest BCUT2D eigenvalue weighted by Gasteiger charge is -2.08. The molecule has 0 saturated heterocycles. The Balaban J connectivity index is 1.65. The summed E-state index contributed by atoms with van der Waals surface area (Å²) >= 11 is 0. The molecule has 4 rings (SSSR count). The van der Waals surface area contributed by atoms with E-state index in [1.807, 2.05) is 31.2 Å². The maximum atomic E-state index is 13.7. The largest absolute Gasteiger partial charge is 0.383 e. The average molecular weight is 494 g/mol. The number of hydrogen-bond donors (Lipinski definition) is 3. The van der Waals surface area contributed by atoms with Gasteiger partial charge >= 0.3 is 0 Å². The Morgan fingerprint density at radius 1 is 1.03 bits per heavy atom. The van der Waals surface area contributed by atoms with Gasteiger partial charge in [-0.2, -0.15) is 5.10 Å². The summed E-state index contributed by atoms with van der Waals surface area (Å²) in [5.41, 5.74) is 8.51. The zero-order valence-corrected chi connectivity index (χ0v) is 19.7. The highest BCUT2D eigenvalue weighted by Gasteiger charge is 2.30. The van der Waals surface area contributed by atoms with Gasteiger partial charge in [0.1, 0.15) is 18.2 Å². The van der Waals surface area contributed by atoms with Crippen LogP contribution < -0.4 is 16.4 Å². The van der Waals surface area contributed by atoms with Gasteiger partial charge in [-0.3, -0.25) is 4.79 Å². The monoisotopic (exact) mass is 493 g/mol. The van der Waals surface area contributed by atoms with Crippen molar-refractivity contribution in [1.82, 2.24) is 15.1 Å². The van der Waals surface area contributed by atoms with Crippen LogP contribution >= 0.6 is 0 Å². The first-order valence-corrected chi connectivity index (χ1v) is 12.2. The highest BCUT2D eigenvalue weighted by molar-refractivity contribution is 7.91. The average Bonchev–Trinajstić information content (AvgIpc) is 3.14. The second kappa shape index (κ2) is 9.98. The smallest absolute Gasteiger partial charge is 0.242 e. The minimum atomic E-state index is -4.10. The second-order valence-corrected chi connectivity index (χ2v) is 9.82. The molecule has 0 aliphatic rings. The van der Waals surface area contributed by atoms with E-state index in [2.05, 4.69) is 15.7 Å². The first-order valence-electron chi connectivity index (χ1n) is 10.8. The van der Waals surface area contributed by atoms with Gasteiger partial charge in [0, 0.05) is 12.2 Å². The van der Waals surface area contributed by atoms with Crippen LogP contribution in [0.15, 0.2) is 88.7 Å². The lowest BCUT2D eigenvalue weighted by molar-refractivity contribution is -0.122. The van der Waals surface area contributed by atoms with Crippen LogP contribution in [0.1, 0.15) is 11.1 Å². The lowest BCUT2D eigenvalue weighted by Crippen LogP contribution is -2.28. The van der Waals surface area contributed by atoms with E-state index < -0.39 is 21.6 Å². The number of nitrogens with zero attached hydrogens (tertiary/aromatic N) is 2. The number of nitrogens with two attached hydrogens (primary N) is 1. The van der Waals surface area contributed by atoms with E-state index in [0.29, 0.717) is 6.54 Å². The van der Waals surface area contributed by atoms with Crippen LogP contribution in [0.5, 0.6) is 0 Å². The summed E-state index contributed by atoms with van der Waals surface area (Å²) in [6.45, 7) is 1.96. The Kier molecular flexibility index (Phi) is 6.83. The zero-order chi connectivity index (χ0) is 25.0. The molecule has 0 aliphatic carbocycles. The van der Waals surface area contributed by atoms with Crippen molar-refractivity contribution < 1.29 is 17.6 Å². The molecule has 8 nitrogen and oxygen atoms in total. The molecule has 10 heteroatoms. The molecule has 4 N–H and O–H groups in total. The number of anilines is 3. The number of hydrogen-bond acceptors (Lipinski definition) is 6. The molecule has 0 unspecified atom stereocenters. The van der Waals surface area contributed by atoms with Gasteiger partial charge in [-0.05, 0) is 42.8 Å². The summed E-state index contributed by atoms with van der Waals surface area (Å²) < 4.78 is 41.7. The number of aryl methyl sites for hydroxylation is 1. The minimum Gasteiger partial charge on any atom is -0.383 e. The van der Waals surface area contributed by atoms with E-state index in [9.17, 15) is 17.6 Å². The molecule has 0 radical (unpaired) electrons. The predicted octanol–water partition coefficient (Wildman–Crippen LogP) is 3.81. The summed E-state index contributed by atoms with van der Waals surface area (Å²) in [7, 11) is -4.10. The van der Waals surface area contributed by atoms with Gasteiger partial charge < -0.3 is 16.4 Å². The molecule has 0 spiro atoms. The molecule has 35 heavy (non-hydrogen) atoms. The summed E-state index contributed by atoms with van der Waals surface area (Å²) in [6, 6.07) is 20.9. The fourth-order valence-corrected chi connectivity index (χ4v) is 4.92. The zero-order valence-electron chi connectivity index (χ0n) is 18.9. The van der Waals surface area contributed by atoms with Crippen molar-refractivity contribution in [2.75, 3.05) is 11.1 Å². The van der Waals surface area contributed by atoms with E-state index in [1.165, 1.54) is 30.3 Å². The summed E-state index contributed by atoms with van der Waals surface area (Å²) in [5.74, 6) is -1.23. The highest BCUT2D eigenvalue weighted by atomic mass is 32.2. The van der Waals surface area contributed by atoms with E-state index in [-0.39, 0.29) is 33.7 Å². The molecule has 4 aromatic rings. The number of nitrogen functional groups attached to an aromatic ring is 1. The highest BCUT2D eigenvalue weighted by Crippen LogP contribution is 2.34. The first kappa shape index (κ1) is 24.0. The van der Waals surface area contributed by atoms with Gasteiger partial charge in [0.05, 0.1) is 4.90 Å². The molecule has 0 fully saturated rings. The number of aromatic nitrogens is 2. The maximum Gasteiger partial charge on any atom is 0.242 e. The summed E-state index contributed by atoms with van der Waals surface area (Å²) in [5, 5.41) is 9.85. The summed E-state index contributed by atoms with van der Waals surface area (Å²) in [4.78, 5) is 12.3. The van der Waals surface area contributed by atoms with E-state index in [1.54, 1.807) is 24.3 Å². The number of halogens is 1. The van der Waals surface area contributed by atoms with Gasteiger partial charge in [-0.25, -0.2) is 17.5 Å². The van der Waals surface area contributed by atoms with Crippen molar-refractivity contribution in [2.45, 2.75) is 29.8 Å². The third-order valence-corrected chi connectivity index (χ3v) is 7.09. The Morgan fingerprint density at radius 3 is 2.43 bits per heavy atom. The molecule has 3 aromatic carbocycles. The normalized spacial score (nSPS) is 11.3. The molecule has 0 aliphatic heterocycles. The number of nitrogens with one attached hydrogen (secondary N) is 2. The molecule has 1 aromatic heterocycles. The van der Waals surface area contributed by atoms with E-state index >= 15 is 0 Å². The van der Waals surface area contributed by atoms with Crippen LogP contribution in [0, 0.1) is 12.7 Å². The number of sulfone groups is 1. The Morgan fingerprint density at radius 2 is 1.74 bits per heavy atom. The van der Waals surface area contributed by atoms with Crippen LogP contribution in [-0.2, 0) is 27.7 Å². The Bertz CT molecular complexity index is 1450. The topological polar surface area (TPSA) is 119 Å². The molecule has 1 amide bonds. The van der Waals surface area contributed by atoms with Crippen molar-refractivity contribution >= 4 is 33.1 Å². The number of amides is 1. The van der Waals surface area contributed by atoms with Crippen molar-refractivity contribution in [3.8, 4) is 0 Å². The van der Waals surface area contributed by atoms with Crippen LogP contribution in [0.25, 0.3) is 0 Å². The maximum absolute atomic E-state index is 13.7. The number of rotatable bonds is 8. The van der Waals surface area contributed by atoms with Crippen LogP contribution in [0.2, 0.25) is 0 Å². The third kappa shape index (κ3) is 5.49. The minimum absolute atomic E-state index is 0.0114. The van der Waals surface area contributed by atoms with Crippen LogP contribution in [0.4, 0.5) is 21.7 Å². The third-order valence-electron chi connectivity index (χ3n) is 5.26. The van der Waals surface area contributed by atoms with Crippen LogP contribution in [0.3, 0.4) is 0 Å².